The molecule has 0 atom stereocenters. The van der Waals surface area contributed by atoms with Gasteiger partial charge in [0.2, 0.25) is 5.91 Å². The van der Waals surface area contributed by atoms with E-state index in [0.717, 1.165) is 16.5 Å². The summed E-state index contributed by atoms with van der Waals surface area (Å²) >= 11 is 0. The molecule has 0 unspecified atom stereocenters. The Bertz CT molecular complexity index is 890. The summed E-state index contributed by atoms with van der Waals surface area (Å²) in [4.78, 5) is 23.6. The number of esters is 1. The van der Waals surface area contributed by atoms with E-state index in [-0.39, 0.29) is 19.1 Å². The Morgan fingerprint density at radius 3 is 2.35 bits per heavy atom. The molecule has 0 saturated heterocycles. The number of hydrogen-bond donors (Lipinski definition) is 1. The van der Waals surface area contributed by atoms with Crippen molar-refractivity contribution in [1.29, 1.82) is 0 Å². The average Bonchev–Trinajstić information content (AvgIpc) is 2.69. The number of carbonyl (C=O) groups is 2. The van der Waals surface area contributed by atoms with Gasteiger partial charge in [0.25, 0.3) is 0 Å². The third-order valence-corrected chi connectivity index (χ3v) is 4.13. The summed E-state index contributed by atoms with van der Waals surface area (Å²) in [6, 6.07) is 23.8. The molecule has 0 bridgehead atoms. The summed E-state index contributed by atoms with van der Waals surface area (Å²) < 4.78 is 5.14. The molecule has 0 aliphatic carbocycles. The summed E-state index contributed by atoms with van der Waals surface area (Å²) in [6.07, 6.45) is 0.972. The third-order valence-electron chi connectivity index (χ3n) is 4.13. The highest BCUT2D eigenvalue weighted by Gasteiger charge is 2.07. The smallest absolute Gasteiger partial charge is 0.325 e. The predicted molar refractivity (Wildman–Crippen MR) is 102 cm³/mol. The van der Waals surface area contributed by atoms with Crippen molar-refractivity contribution in [1.82, 2.24) is 5.32 Å². The Kier molecular flexibility index (Phi) is 5.99. The van der Waals surface area contributed by atoms with Crippen LogP contribution in [0.15, 0.2) is 72.8 Å². The van der Waals surface area contributed by atoms with Crippen molar-refractivity contribution in [2.24, 2.45) is 0 Å². The monoisotopic (exact) mass is 347 g/mol. The van der Waals surface area contributed by atoms with Crippen LogP contribution in [0.5, 0.6) is 0 Å². The van der Waals surface area contributed by atoms with Crippen LogP contribution >= 0.6 is 0 Å². The highest BCUT2D eigenvalue weighted by Crippen LogP contribution is 2.16. The normalized spacial score (nSPS) is 10.5. The first-order valence-corrected chi connectivity index (χ1v) is 8.64. The minimum absolute atomic E-state index is 0.108. The molecule has 4 heteroatoms. The van der Waals surface area contributed by atoms with Gasteiger partial charge in [-0.1, -0.05) is 72.8 Å². The summed E-state index contributed by atoms with van der Waals surface area (Å²) in [5, 5.41) is 4.96. The maximum atomic E-state index is 11.9. The number of benzene rings is 3. The molecule has 3 rings (SSSR count). The average molecular weight is 347 g/mol. The van der Waals surface area contributed by atoms with Gasteiger partial charge in [-0.05, 0) is 28.3 Å². The van der Waals surface area contributed by atoms with Crippen LogP contribution in [0.2, 0.25) is 0 Å². The number of rotatable bonds is 7. The van der Waals surface area contributed by atoms with Gasteiger partial charge >= 0.3 is 5.97 Å². The standard InChI is InChI=1S/C22H21NO3/c24-21(23-15-22(25)26-16-18-6-2-1-3-7-18)13-11-17-10-12-19-8-4-5-9-20(19)14-17/h1-10,12,14H,11,13,15-16H2,(H,23,24). The number of nitrogens with one attached hydrogen (secondary N) is 1. The van der Waals surface area contributed by atoms with Crippen LogP contribution in [0.3, 0.4) is 0 Å². The van der Waals surface area contributed by atoms with Crippen molar-refractivity contribution >= 4 is 22.6 Å². The molecule has 132 valence electrons. The van der Waals surface area contributed by atoms with Crippen LogP contribution in [0.4, 0.5) is 0 Å². The molecule has 1 amide bonds. The largest absolute Gasteiger partial charge is 0.460 e. The Morgan fingerprint density at radius 1 is 0.808 bits per heavy atom. The first kappa shape index (κ1) is 17.7. The number of carbonyl (C=O) groups excluding carboxylic acids is 2. The molecule has 0 heterocycles. The van der Waals surface area contributed by atoms with Crippen LogP contribution < -0.4 is 5.32 Å². The lowest BCUT2D eigenvalue weighted by molar-refractivity contribution is -0.145. The van der Waals surface area contributed by atoms with E-state index in [4.69, 9.17) is 4.74 Å². The summed E-state index contributed by atoms with van der Waals surface area (Å²) in [6.45, 7) is 0.107. The van der Waals surface area contributed by atoms with Gasteiger partial charge < -0.3 is 10.1 Å². The van der Waals surface area contributed by atoms with E-state index in [9.17, 15) is 9.59 Å². The fraction of sp³-hybridized carbons (Fsp3) is 0.182. The summed E-state index contributed by atoms with van der Waals surface area (Å²) in [5.41, 5.74) is 2.02. The number of hydrogen-bond acceptors (Lipinski definition) is 3. The summed E-state index contributed by atoms with van der Waals surface area (Å²) in [7, 11) is 0. The lowest BCUT2D eigenvalue weighted by Crippen LogP contribution is -2.30. The van der Waals surface area contributed by atoms with Crippen LogP contribution in [-0.2, 0) is 27.4 Å². The minimum atomic E-state index is -0.437. The second-order valence-corrected chi connectivity index (χ2v) is 6.10. The quantitative estimate of drug-likeness (QED) is 0.664. The number of ether oxygens (including phenoxy) is 1. The van der Waals surface area contributed by atoms with Crippen LogP contribution in [-0.4, -0.2) is 18.4 Å². The van der Waals surface area contributed by atoms with Crippen molar-refractivity contribution in [2.75, 3.05) is 6.54 Å². The van der Waals surface area contributed by atoms with Gasteiger partial charge in [0.1, 0.15) is 13.2 Å². The molecule has 0 radical (unpaired) electrons. The van der Waals surface area contributed by atoms with E-state index in [1.54, 1.807) is 0 Å². The van der Waals surface area contributed by atoms with Gasteiger partial charge in [0, 0.05) is 6.42 Å². The van der Waals surface area contributed by atoms with Crippen molar-refractivity contribution in [3.63, 3.8) is 0 Å². The Hall–Kier alpha value is -3.14. The lowest BCUT2D eigenvalue weighted by atomic mass is 10.0. The van der Waals surface area contributed by atoms with Crippen molar-refractivity contribution in [2.45, 2.75) is 19.4 Å². The highest BCUT2D eigenvalue weighted by molar-refractivity contribution is 5.84. The van der Waals surface area contributed by atoms with E-state index in [0.29, 0.717) is 12.8 Å². The van der Waals surface area contributed by atoms with Gasteiger partial charge in [-0.2, -0.15) is 0 Å². The lowest BCUT2D eigenvalue weighted by Gasteiger charge is -2.07. The molecule has 3 aromatic rings. The second-order valence-electron chi connectivity index (χ2n) is 6.10. The maximum Gasteiger partial charge on any atom is 0.325 e. The van der Waals surface area contributed by atoms with E-state index in [1.807, 2.05) is 48.5 Å². The maximum absolute atomic E-state index is 11.9. The van der Waals surface area contributed by atoms with Crippen molar-refractivity contribution in [3.8, 4) is 0 Å². The van der Waals surface area contributed by atoms with Gasteiger partial charge in [-0.15, -0.1) is 0 Å². The van der Waals surface area contributed by atoms with E-state index in [2.05, 4.69) is 29.6 Å². The molecule has 0 aliphatic rings. The van der Waals surface area contributed by atoms with Gasteiger partial charge in [0.05, 0.1) is 0 Å². The molecule has 3 aromatic carbocycles. The second kappa shape index (κ2) is 8.81. The minimum Gasteiger partial charge on any atom is -0.460 e. The zero-order chi connectivity index (χ0) is 18.2. The Labute approximate surface area is 152 Å². The third kappa shape index (κ3) is 5.18. The highest BCUT2D eigenvalue weighted by atomic mass is 16.5. The van der Waals surface area contributed by atoms with Crippen LogP contribution in [0, 0.1) is 0 Å². The topological polar surface area (TPSA) is 55.4 Å². The first-order chi connectivity index (χ1) is 12.7. The van der Waals surface area contributed by atoms with Gasteiger partial charge in [-0.25, -0.2) is 0 Å². The Morgan fingerprint density at radius 2 is 1.54 bits per heavy atom. The Balaban J connectivity index is 1.40. The van der Waals surface area contributed by atoms with Crippen LogP contribution in [0.25, 0.3) is 10.8 Å². The van der Waals surface area contributed by atoms with Gasteiger partial charge in [0.15, 0.2) is 0 Å². The predicted octanol–water partition coefficient (Wildman–Crippen LogP) is 3.63. The number of fused-ring (bicyclic) bond motifs is 1. The van der Waals surface area contributed by atoms with E-state index >= 15 is 0 Å². The molecule has 0 fully saturated rings. The molecule has 1 N–H and O–H groups in total. The molecule has 0 aliphatic heterocycles. The molecular weight excluding hydrogens is 326 g/mol. The van der Waals surface area contributed by atoms with E-state index in [1.165, 1.54) is 5.39 Å². The number of aryl methyl sites for hydroxylation is 1. The van der Waals surface area contributed by atoms with Gasteiger partial charge in [-0.3, -0.25) is 9.59 Å². The van der Waals surface area contributed by atoms with Crippen molar-refractivity contribution < 1.29 is 14.3 Å². The van der Waals surface area contributed by atoms with Crippen molar-refractivity contribution in [3.05, 3.63) is 83.9 Å². The molecule has 0 saturated carbocycles. The zero-order valence-corrected chi connectivity index (χ0v) is 14.5. The number of amides is 1. The summed E-state index contributed by atoms with van der Waals surface area (Å²) in [5.74, 6) is -0.595. The zero-order valence-electron chi connectivity index (χ0n) is 14.5. The SMILES string of the molecule is O=C(CCc1ccc2ccccc2c1)NCC(=O)OCc1ccccc1. The molecule has 0 aromatic heterocycles. The first-order valence-electron chi connectivity index (χ1n) is 8.64. The molecule has 4 nitrogen and oxygen atoms in total. The van der Waals surface area contributed by atoms with E-state index < -0.39 is 5.97 Å². The molecule has 0 spiro atoms. The van der Waals surface area contributed by atoms with Crippen LogP contribution in [0.1, 0.15) is 17.5 Å². The fourth-order valence-electron chi connectivity index (χ4n) is 2.70. The molecule has 26 heavy (non-hydrogen) atoms. The molecular formula is C22H21NO3. The fourth-order valence-corrected chi connectivity index (χ4v) is 2.70.